The molecule has 0 saturated carbocycles. The summed E-state index contributed by atoms with van der Waals surface area (Å²) in [6, 6.07) is 11.1. The van der Waals surface area contributed by atoms with E-state index in [4.69, 9.17) is 15.1 Å². The molecule has 2 fully saturated rings. The van der Waals surface area contributed by atoms with Gasteiger partial charge in [0.15, 0.2) is 5.65 Å². The van der Waals surface area contributed by atoms with Gasteiger partial charge < -0.3 is 9.80 Å². The molecule has 6 rings (SSSR count). The molecule has 0 spiro atoms. The summed E-state index contributed by atoms with van der Waals surface area (Å²) in [5.74, 6) is 2.13. The summed E-state index contributed by atoms with van der Waals surface area (Å²) in [6.07, 6.45) is 10.8. The Kier molecular flexibility index (Phi) is 4.89. The van der Waals surface area contributed by atoms with E-state index in [2.05, 4.69) is 58.2 Å². The van der Waals surface area contributed by atoms with Crippen molar-refractivity contribution in [1.82, 2.24) is 24.6 Å². The quantitative estimate of drug-likeness (QED) is 0.487. The molecule has 32 heavy (non-hydrogen) atoms. The summed E-state index contributed by atoms with van der Waals surface area (Å²) in [6.45, 7) is 5.36. The summed E-state index contributed by atoms with van der Waals surface area (Å²) >= 11 is 0. The van der Waals surface area contributed by atoms with Crippen LogP contribution in [0.5, 0.6) is 0 Å². The third-order valence-corrected chi connectivity index (χ3v) is 6.90. The molecule has 0 amide bonds. The molecule has 0 N–H and O–H groups in total. The van der Waals surface area contributed by atoms with Crippen LogP contribution in [-0.2, 0) is 6.42 Å². The number of piperidine rings is 1. The molecule has 4 aromatic rings. The van der Waals surface area contributed by atoms with Gasteiger partial charge >= 0.3 is 0 Å². The van der Waals surface area contributed by atoms with Gasteiger partial charge in [-0.2, -0.15) is 5.10 Å². The average molecular weight is 428 g/mol. The molecule has 0 radical (unpaired) electrons. The van der Waals surface area contributed by atoms with E-state index >= 15 is 0 Å². The van der Waals surface area contributed by atoms with Crippen LogP contribution in [0.25, 0.3) is 16.6 Å². The van der Waals surface area contributed by atoms with Crippen molar-refractivity contribution in [2.45, 2.75) is 51.5 Å². The zero-order chi connectivity index (χ0) is 21.5. The van der Waals surface area contributed by atoms with Crippen LogP contribution in [0.3, 0.4) is 0 Å². The molecular weight excluding hydrogens is 398 g/mol. The van der Waals surface area contributed by atoms with Crippen LogP contribution < -0.4 is 9.80 Å². The highest BCUT2D eigenvalue weighted by atomic mass is 15.3. The Hall–Kier alpha value is -3.22. The van der Waals surface area contributed by atoms with Gasteiger partial charge in [-0.3, -0.25) is 0 Å². The summed E-state index contributed by atoms with van der Waals surface area (Å²) < 4.78 is 1.92. The summed E-state index contributed by atoms with van der Waals surface area (Å²) in [4.78, 5) is 19.0. The zero-order valence-electron chi connectivity index (χ0n) is 18.6. The number of rotatable bonds is 4. The van der Waals surface area contributed by atoms with Gasteiger partial charge in [0.1, 0.15) is 18.0 Å². The van der Waals surface area contributed by atoms with Crippen molar-refractivity contribution in [3.63, 3.8) is 0 Å². The van der Waals surface area contributed by atoms with Crippen molar-refractivity contribution in [2.75, 3.05) is 29.4 Å². The molecule has 7 nitrogen and oxygen atoms in total. The van der Waals surface area contributed by atoms with E-state index in [1.54, 1.807) is 6.33 Å². The molecule has 1 atom stereocenters. The average Bonchev–Trinajstić information content (AvgIpc) is 3.48. The monoisotopic (exact) mass is 427 g/mol. The van der Waals surface area contributed by atoms with Crippen LogP contribution in [0.4, 0.5) is 11.6 Å². The number of anilines is 2. The molecular formula is C25H29N7. The lowest BCUT2D eigenvalue weighted by molar-refractivity contribution is 0.451. The third kappa shape index (κ3) is 3.55. The largest absolute Gasteiger partial charge is 0.357 e. The van der Waals surface area contributed by atoms with Gasteiger partial charge in [-0.05, 0) is 57.2 Å². The number of fused-ring (bicyclic) bond motifs is 2. The van der Waals surface area contributed by atoms with Crippen LogP contribution in [0.15, 0.2) is 42.9 Å². The molecule has 1 aromatic carbocycles. The van der Waals surface area contributed by atoms with Crippen molar-refractivity contribution in [2.24, 2.45) is 0 Å². The number of benzene rings is 1. The highest BCUT2D eigenvalue weighted by Gasteiger charge is 2.26. The first-order chi connectivity index (χ1) is 15.7. The maximum absolute atomic E-state index is 4.89. The van der Waals surface area contributed by atoms with E-state index < -0.39 is 0 Å². The lowest BCUT2D eigenvalue weighted by Gasteiger charge is -2.37. The Bertz CT molecular complexity index is 1260. The molecule has 1 unspecified atom stereocenters. The highest BCUT2D eigenvalue weighted by molar-refractivity contribution is 5.90. The summed E-state index contributed by atoms with van der Waals surface area (Å²) in [7, 11) is 0. The molecule has 164 valence electrons. The van der Waals surface area contributed by atoms with Crippen LogP contribution in [0, 0.1) is 6.92 Å². The molecule has 2 aliphatic heterocycles. The maximum Gasteiger partial charge on any atom is 0.157 e. The number of nitrogens with zero attached hydrogens (tertiary/aromatic N) is 7. The van der Waals surface area contributed by atoms with Gasteiger partial charge in [-0.1, -0.05) is 11.6 Å². The maximum atomic E-state index is 4.89. The minimum atomic E-state index is 0.380. The van der Waals surface area contributed by atoms with E-state index in [-0.39, 0.29) is 0 Å². The van der Waals surface area contributed by atoms with E-state index in [0.29, 0.717) is 6.04 Å². The smallest absolute Gasteiger partial charge is 0.157 e. The van der Waals surface area contributed by atoms with E-state index in [1.807, 2.05) is 4.52 Å². The minimum Gasteiger partial charge on any atom is -0.357 e. The van der Waals surface area contributed by atoms with Crippen LogP contribution in [-0.4, -0.2) is 50.2 Å². The summed E-state index contributed by atoms with van der Waals surface area (Å²) in [5.41, 5.74) is 4.29. The summed E-state index contributed by atoms with van der Waals surface area (Å²) in [5, 5.41) is 6.00. The van der Waals surface area contributed by atoms with Crippen molar-refractivity contribution < 1.29 is 0 Å². The topological polar surface area (TPSA) is 62.5 Å². The van der Waals surface area contributed by atoms with Gasteiger partial charge in [-0.15, -0.1) is 0 Å². The fourth-order valence-corrected chi connectivity index (χ4v) is 5.26. The van der Waals surface area contributed by atoms with Crippen LogP contribution in [0.1, 0.15) is 43.4 Å². The molecule has 5 heterocycles. The zero-order valence-corrected chi connectivity index (χ0v) is 18.6. The fraction of sp³-hybridized carbons (Fsp3) is 0.440. The molecule has 2 saturated heterocycles. The highest BCUT2D eigenvalue weighted by Crippen LogP contribution is 2.31. The minimum absolute atomic E-state index is 0.380. The normalized spacial score (nSPS) is 19.3. The van der Waals surface area contributed by atoms with Crippen molar-refractivity contribution in [3.8, 4) is 0 Å². The van der Waals surface area contributed by atoms with E-state index in [9.17, 15) is 0 Å². The first kappa shape index (κ1) is 19.5. The molecule has 2 aliphatic rings. The molecule has 7 heteroatoms. The Morgan fingerprint density at radius 3 is 2.75 bits per heavy atom. The number of hydrogen-bond acceptors (Lipinski definition) is 6. The van der Waals surface area contributed by atoms with E-state index in [1.165, 1.54) is 31.2 Å². The number of aryl methyl sites for hydroxylation is 1. The van der Waals surface area contributed by atoms with Crippen LogP contribution in [0.2, 0.25) is 0 Å². The second kappa shape index (κ2) is 8.04. The second-order valence-electron chi connectivity index (χ2n) is 9.18. The number of hydrogen-bond donors (Lipinski definition) is 0. The third-order valence-electron chi connectivity index (χ3n) is 6.90. The van der Waals surface area contributed by atoms with Gasteiger partial charge in [0.05, 0.1) is 11.2 Å². The lowest BCUT2D eigenvalue weighted by Crippen LogP contribution is -2.41. The van der Waals surface area contributed by atoms with Crippen molar-refractivity contribution >= 4 is 28.2 Å². The molecule has 0 bridgehead atoms. The predicted octanol–water partition coefficient (Wildman–Crippen LogP) is 4.18. The molecule has 3 aromatic heterocycles. The SMILES string of the molecule is Cc1ccc2ncnc(N3CCCCC3Cc3cc4nc(N5CCCC5)ccn4n3)c2c1. The van der Waals surface area contributed by atoms with Crippen molar-refractivity contribution in [3.05, 3.63) is 54.1 Å². The van der Waals surface area contributed by atoms with Gasteiger partial charge in [0.2, 0.25) is 0 Å². The molecule has 0 aliphatic carbocycles. The Balaban J connectivity index is 1.30. The number of aromatic nitrogens is 5. The lowest BCUT2D eigenvalue weighted by atomic mass is 9.97. The Morgan fingerprint density at radius 2 is 1.84 bits per heavy atom. The van der Waals surface area contributed by atoms with Gasteiger partial charge in [-0.25, -0.2) is 19.5 Å². The fourth-order valence-electron chi connectivity index (χ4n) is 5.26. The van der Waals surface area contributed by atoms with E-state index in [0.717, 1.165) is 66.4 Å². The van der Waals surface area contributed by atoms with Crippen molar-refractivity contribution in [1.29, 1.82) is 0 Å². The first-order valence-electron chi connectivity index (χ1n) is 11.8. The van der Waals surface area contributed by atoms with Crippen LogP contribution >= 0.6 is 0 Å². The first-order valence-corrected chi connectivity index (χ1v) is 11.8. The Morgan fingerprint density at radius 1 is 0.969 bits per heavy atom. The van der Waals surface area contributed by atoms with Gasteiger partial charge in [0, 0.05) is 49.7 Å². The second-order valence-corrected chi connectivity index (χ2v) is 9.18. The predicted molar refractivity (Wildman–Crippen MR) is 127 cm³/mol. The Labute approximate surface area is 188 Å². The van der Waals surface area contributed by atoms with Gasteiger partial charge in [0.25, 0.3) is 0 Å². The standard InChI is InChI=1S/C25H29N7/c1-18-7-8-22-21(14-18)25(27-17-26-22)31-12-3-2-6-20(31)15-19-16-24-28-23(9-13-32(24)29-19)30-10-4-5-11-30/h7-9,13-14,16-17,20H,2-6,10-12,15H2,1H3.